The van der Waals surface area contributed by atoms with E-state index in [0.717, 1.165) is 12.6 Å². The van der Waals surface area contributed by atoms with Crippen LogP contribution in [0.2, 0.25) is 0 Å². The van der Waals surface area contributed by atoms with E-state index in [1.54, 1.807) is 0 Å². The quantitative estimate of drug-likeness (QED) is 0.828. The Kier molecular flexibility index (Phi) is 4.22. The zero-order valence-electron chi connectivity index (χ0n) is 11.5. The fourth-order valence-corrected chi connectivity index (χ4v) is 3.04. The normalized spacial score (nSPS) is 17.4. The smallest absolute Gasteiger partial charge is 0.0213 e. The number of rotatable bonds is 3. The third-order valence-electron chi connectivity index (χ3n) is 4.01. The van der Waals surface area contributed by atoms with Gasteiger partial charge in [-0.1, -0.05) is 37.0 Å². The highest BCUT2D eigenvalue weighted by atomic mass is 14.9. The van der Waals surface area contributed by atoms with Crippen LogP contribution in [0.5, 0.6) is 0 Å². The summed E-state index contributed by atoms with van der Waals surface area (Å²) in [6.07, 6.45) is 6.97. The molecule has 0 amide bonds. The van der Waals surface area contributed by atoms with Gasteiger partial charge in [-0.3, -0.25) is 0 Å². The lowest BCUT2D eigenvalue weighted by atomic mass is 9.94. The van der Waals surface area contributed by atoms with Gasteiger partial charge in [0.1, 0.15) is 0 Å². The van der Waals surface area contributed by atoms with Gasteiger partial charge >= 0.3 is 0 Å². The summed E-state index contributed by atoms with van der Waals surface area (Å²) < 4.78 is 0. The third kappa shape index (κ3) is 3.32. The Morgan fingerprint density at radius 2 is 1.59 bits per heavy atom. The van der Waals surface area contributed by atoms with Crippen LogP contribution < -0.4 is 5.32 Å². The average Bonchev–Trinajstić information content (AvgIpc) is 2.29. The molecule has 1 nitrogen and oxygen atoms in total. The molecule has 2 rings (SSSR count). The fourth-order valence-electron chi connectivity index (χ4n) is 3.04. The van der Waals surface area contributed by atoms with Crippen LogP contribution in [0.4, 0.5) is 0 Å². The minimum absolute atomic E-state index is 0.754. The lowest BCUT2D eigenvalue weighted by molar-refractivity contribution is 0.372. The van der Waals surface area contributed by atoms with Gasteiger partial charge in [0.25, 0.3) is 0 Å². The van der Waals surface area contributed by atoms with Crippen LogP contribution in [-0.2, 0) is 6.54 Å². The first-order valence-corrected chi connectivity index (χ1v) is 6.97. The molecule has 1 N–H and O–H groups in total. The molecule has 1 aliphatic rings. The highest BCUT2D eigenvalue weighted by molar-refractivity contribution is 5.37. The molecule has 94 valence electrons. The molecule has 0 heterocycles. The van der Waals surface area contributed by atoms with Crippen LogP contribution >= 0.6 is 0 Å². The van der Waals surface area contributed by atoms with E-state index < -0.39 is 0 Å². The van der Waals surface area contributed by atoms with E-state index in [9.17, 15) is 0 Å². The third-order valence-corrected chi connectivity index (χ3v) is 4.01. The van der Waals surface area contributed by atoms with E-state index in [1.807, 2.05) is 0 Å². The molecule has 1 fully saturated rings. The van der Waals surface area contributed by atoms with Gasteiger partial charge in [-0.15, -0.1) is 0 Å². The standard InChI is InChI=1S/C16H25N/c1-12-9-13(2)16(14(3)10-12)11-17-15-7-5-4-6-8-15/h9-10,15,17H,4-8,11H2,1-3H3. The minimum Gasteiger partial charge on any atom is -0.310 e. The molecule has 17 heavy (non-hydrogen) atoms. The zero-order valence-corrected chi connectivity index (χ0v) is 11.5. The monoisotopic (exact) mass is 231 g/mol. The zero-order chi connectivity index (χ0) is 12.3. The van der Waals surface area contributed by atoms with Crippen molar-refractivity contribution < 1.29 is 0 Å². The number of nitrogens with one attached hydrogen (secondary N) is 1. The van der Waals surface area contributed by atoms with E-state index >= 15 is 0 Å². The van der Waals surface area contributed by atoms with Crippen molar-refractivity contribution in [1.82, 2.24) is 5.32 Å². The second-order valence-electron chi connectivity index (χ2n) is 5.59. The average molecular weight is 231 g/mol. The summed E-state index contributed by atoms with van der Waals surface area (Å²) in [7, 11) is 0. The summed E-state index contributed by atoms with van der Waals surface area (Å²) in [5.41, 5.74) is 5.75. The van der Waals surface area contributed by atoms with E-state index in [1.165, 1.54) is 54.4 Å². The first-order chi connectivity index (χ1) is 8.16. The molecule has 0 aromatic heterocycles. The van der Waals surface area contributed by atoms with Crippen molar-refractivity contribution in [2.45, 2.75) is 65.5 Å². The van der Waals surface area contributed by atoms with Gasteiger partial charge in [0.15, 0.2) is 0 Å². The van der Waals surface area contributed by atoms with Gasteiger partial charge in [-0.25, -0.2) is 0 Å². The summed E-state index contributed by atoms with van der Waals surface area (Å²) in [5.74, 6) is 0. The number of aryl methyl sites for hydroxylation is 3. The van der Waals surface area contributed by atoms with Gasteiger partial charge < -0.3 is 5.32 Å². The Bertz CT molecular complexity index is 352. The highest BCUT2D eigenvalue weighted by Gasteiger charge is 2.13. The van der Waals surface area contributed by atoms with Gasteiger partial charge in [0, 0.05) is 12.6 Å². The molecular weight excluding hydrogens is 206 g/mol. The van der Waals surface area contributed by atoms with Crippen molar-refractivity contribution in [2.75, 3.05) is 0 Å². The van der Waals surface area contributed by atoms with Crippen molar-refractivity contribution in [3.05, 3.63) is 34.4 Å². The maximum atomic E-state index is 3.74. The maximum absolute atomic E-state index is 3.74. The van der Waals surface area contributed by atoms with Crippen molar-refractivity contribution >= 4 is 0 Å². The summed E-state index contributed by atoms with van der Waals surface area (Å²) in [6, 6.07) is 5.35. The largest absolute Gasteiger partial charge is 0.310 e. The maximum Gasteiger partial charge on any atom is 0.0213 e. The van der Waals surface area contributed by atoms with Gasteiger partial charge in [0.2, 0.25) is 0 Å². The van der Waals surface area contributed by atoms with Crippen LogP contribution in [-0.4, -0.2) is 6.04 Å². The van der Waals surface area contributed by atoms with Crippen LogP contribution in [0.3, 0.4) is 0 Å². The summed E-state index contributed by atoms with van der Waals surface area (Å²) in [6.45, 7) is 7.69. The van der Waals surface area contributed by atoms with Gasteiger partial charge in [-0.05, 0) is 50.3 Å². The molecule has 1 aromatic rings. The molecule has 1 heteroatoms. The molecule has 1 aliphatic carbocycles. The van der Waals surface area contributed by atoms with Crippen molar-refractivity contribution in [3.63, 3.8) is 0 Å². The van der Waals surface area contributed by atoms with Gasteiger partial charge in [-0.2, -0.15) is 0 Å². The molecule has 1 aromatic carbocycles. The highest BCUT2D eigenvalue weighted by Crippen LogP contribution is 2.20. The van der Waals surface area contributed by atoms with Crippen molar-refractivity contribution in [3.8, 4) is 0 Å². The van der Waals surface area contributed by atoms with Crippen molar-refractivity contribution in [1.29, 1.82) is 0 Å². The van der Waals surface area contributed by atoms with E-state index in [2.05, 4.69) is 38.2 Å². The Morgan fingerprint density at radius 3 is 2.18 bits per heavy atom. The Labute approximate surface area is 106 Å². The van der Waals surface area contributed by atoms with E-state index in [4.69, 9.17) is 0 Å². The molecule has 1 saturated carbocycles. The SMILES string of the molecule is Cc1cc(C)c(CNC2CCCCC2)c(C)c1. The molecule has 0 unspecified atom stereocenters. The number of hydrogen-bond acceptors (Lipinski definition) is 1. The molecule has 0 atom stereocenters. The molecule has 0 radical (unpaired) electrons. The van der Waals surface area contributed by atoms with Gasteiger partial charge in [0.05, 0.1) is 0 Å². The first-order valence-electron chi connectivity index (χ1n) is 6.97. The van der Waals surface area contributed by atoms with Crippen LogP contribution in [0.25, 0.3) is 0 Å². The molecule has 0 aliphatic heterocycles. The number of hydrogen-bond donors (Lipinski definition) is 1. The summed E-state index contributed by atoms with van der Waals surface area (Å²) >= 11 is 0. The van der Waals surface area contributed by atoms with Crippen LogP contribution in [0.15, 0.2) is 12.1 Å². The lowest BCUT2D eigenvalue weighted by Gasteiger charge is -2.24. The first kappa shape index (κ1) is 12.6. The minimum atomic E-state index is 0.754. The molecular formula is C16H25N. The molecule has 0 saturated heterocycles. The molecule has 0 bridgehead atoms. The van der Waals surface area contributed by atoms with Crippen molar-refractivity contribution in [2.24, 2.45) is 0 Å². The summed E-state index contributed by atoms with van der Waals surface area (Å²) in [4.78, 5) is 0. The van der Waals surface area contributed by atoms with E-state index in [-0.39, 0.29) is 0 Å². The van der Waals surface area contributed by atoms with E-state index in [0.29, 0.717) is 0 Å². The number of benzene rings is 1. The Hall–Kier alpha value is -0.820. The molecule has 0 spiro atoms. The second kappa shape index (κ2) is 5.68. The van der Waals surface area contributed by atoms with Crippen LogP contribution in [0.1, 0.15) is 54.4 Å². The topological polar surface area (TPSA) is 12.0 Å². The second-order valence-corrected chi connectivity index (χ2v) is 5.59. The summed E-state index contributed by atoms with van der Waals surface area (Å²) in [5, 5.41) is 3.74. The lowest BCUT2D eigenvalue weighted by Crippen LogP contribution is -2.30. The fraction of sp³-hybridized carbons (Fsp3) is 0.625. The predicted octanol–water partition coefficient (Wildman–Crippen LogP) is 4.03. The Morgan fingerprint density at radius 1 is 1.00 bits per heavy atom. The predicted molar refractivity (Wildman–Crippen MR) is 74.4 cm³/mol. The van der Waals surface area contributed by atoms with Crippen LogP contribution in [0, 0.1) is 20.8 Å². The Balaban J connectivity index is 1.98.